The first-order valence-corrected chi connectivity index (χ1v) is 9.55. The molecule has 0 saturated heterocycles. The van der Waals surface area contributed by atoms with Crippen LogP contribution in [0.4, 0.5) is 5.69 Å². The molecule has 0 saturated carbocycles. The smallest absolute Gasteiger partial charge is 0.265 e. The fourth-order valence-corrected chi connectivity index (χ4v) is 3.44. The van der Waals surface area contributed by atoms with Gasteiger partial charge in [0.25, 0.3) is 5.56 Å². The highest BCUT2D eigenvalue weighted by atomic mass is 16.3. The minimum Gasteiger partial charge on any atom is -0.494 e. The number of carbonyl (C=O) groups excluding carboxylic acids is 1. The van der Waals surface area contributed by atoms with Crippen LogP contribution >= 0.6 is 0 Å². The Labute approximate surface area is 173 Å². The fourth-order valence-electron chi connectivity index (χ4n) is 3.44. The van der Waals surface area contributed by atoms with Crippen LogP contribution < -0.4 is 5.56 Å². The molecular weight excluding hydrogens is 376 g/mol. The first-order valence-electron chi connectivity index (χ1n) is 9.55. The van der Waals surface area contributed by atoms with Gasteiger partial charge in [-0.1, -0.05) is 48.0 Å². The van der Waals surface area contributed by atoms with Gasteiger partial charge in [-0.3, -0.25) is 14.6 Å². The van der Waals surface area contributed by atoms with Crippen molar-refractivity contribution in [1.29, 1.82) is 0 Å². The molecule has 0 atom stereocenters. The summed E-state index contributed by atoms with van der Waals surface area (Å²) in [7, 11) is 0. The number of aromatic nitrogens is 1. The predicted octanol–water partition coefficient (Wildman–Crippen LogP) is 4.96. The zero-order chi connectivity index (χ0) is 21.3. The summed E-state index contributed by atoms with van der Waals surface area (Å²) in [4.78, 5) is 29.5. The van der Waals surface area contributed by atoms with Crippen molar-refractivity contribution in [3.63, 3.8) is 0 Å². The fraction of sp³-hybridized carbons (Fsp3) is 0.0800. The number of Topliss-reactive ketones (excluding diaryl/α,β-unsaturated/α-hetero) is 1. The third-order valence-corrected chi connectivity index (χ3v) is 5.01. The Morgan fingerprint density at radius 3 is 2.27 bits per heavy atom. The summed E-state index contributed by atoms with van der Waals surface area (Å²) in [5.74, 6) is -0.298. The van der Waals surface area contributed by atoms with Crippen LogP contribution in [0.1, 0.15) is 28.4 Å². The maximum atomic E-state index is 13.1. The van der Waals surface area contributed by atoms with Gasteiger partial charge in [0.05, 0.1) is 16.9 Å². The lowest BCUT2D eigenvalue weighted by Crippen LogP contribution is -2.20. The number of rotatable bonds is 4. The molecule has 148 valence electrons. The number of aromatic hydroxyl groups is 1. The molecule has 0 fully saturated rings. The minimum absolute atomic E-state index is 0.0959. The molecule has 5 heteroatoms. The lowest BCUT2D eigenvalue weighted by Gasteiger charge is -2.14. The number of hydrogen-bond donors (Lipinski definition) is 1. The van der Waals surface area contributed by atoms with Crippen molar-refractivity contribution in [2.45, 2.75) is 13.8 Å². The van der Waals surface area contributed by atoms with E-state index in [1.807, 2.05) is 19.1 Å². The van der Waals surface area contributed by atoms with Crippen LogP contribution in [0.5, 0.6) is 5.88 Å². The number of aliphatic imine (C=N–C) groups is 1. The molecule has 0 radical (unpaired) electrons. The van der Waals surface area contributed by atoms with Crippen molar-refractivity contribution < 1.29 is 9.90 Å². The van der Waals surface area contributed by atoms with E-state index in [2.05, 4.69) is 4.99 Å². The highest BCUT2D eigenvalue weighted by Crippen LogP contribution is 2.27. The Morgan fingerprint density at radius 2 is 1.57 bits per heavy atom. The number of benzene rings is 3. The van der Waals surface area contributed by atoms with Crippen LogP contribution in [-0.2, 0) is 0 Å². The van der Waals surface area contributed by atoms with E-state index < -0.39 is 0 Å². The summed E-state index contributed by atoms with van der Waals surface area (Å²) in [6.07, 6.45) is 1.50. The number of hydrogen-bond acceptors (Lipinski definition) is 4. The molecule has 0 spiro atoms. The molecule has 0 aliphatic carbocycles. The summed E-state index contributed by atoms with van der Waals surface area (Å²) in [6, 6.07) is 21.4. The molecular formula is C25H20N2O3. The van der Waals surface area contributed by atoms with Crippen LogP contribution in [-0.4, -0.2) is 21.7 Å². The maximum absolute atomic E-state index is 13.1. The molecule has 5 nitrogen and oxygen atoms in total. The highest BCUT2D eigenvalue weighted by Gasteiger charge is 2.16. The molecule has 0 aliphatic heterocycles. The van der Waals surface area contributed by atoms with Gasteiger partial charge in [0.2, 0.25) is 5.88 Å². The summed E-state index contributed by atoms with van der Waals surface area (Å²) >= 11 is 0. The normalized spacial score (nSPS) is 11.3. The summed E-state index contributed by atoms with van der Waals surface area (Å²) in [6.45, 7) is 3.44. The number of para-hydroxylation sites is 1. The summed E-state index contributed by atoms with van der Waals surface area (Å²) in [5, 5.41) is 12.1. The standard InChI is InChI=1S/C25H20N2O3/c1-16-11-13-18(14-12-16)27-24(29)21-9-4-3-8-20(21)22(25(27)30)15-26-23-10-6-5-7-19(23)17(2)28/h3-15,30H,1-2H3. The monoisotopic (exact) mass is 396 g/mol. The summed E-state index contributed by atoms with van der Waals surface area (Å²) < 4.78 is 1.28. The number of carbonyl (C=O) groups is 1. The quantitative estimate of drug-likeness (QED) is 0.392. The van der Waals surface area contributed by atoms with Gasteiger partial charge >= 0.3 is 0 Å². The van der Waals surface area contributed by atoms with Gasteiger partial charge in [0.1, 0.15) is 0 Å². The molecule has 1 N–H and O–H groups in total. The maximum Gasteiger partial charge on any atom is 0.265 e. The summed E-state index contributed by atoms with van der Waals surface area (Å²) in [5.41, 5.74) is 2.70. The molecule has 4 rings (SSSR count). The molecule has 4 aromatic rings. The highest BCUT2D eigenvalue weighted by molar-refractivity contribution is 6.04. The van der Waals surface area contributed by atoms with Gasteiger partial charge in [-0.2, -0.15) is 0 Å². The van der Waals surface area contributed by atoms with Crippen molar-refractivity contribution in [3.8, 4) is 11.6 Å². The Morgan fingerprint density at radius 1 is 0.933 bits per heavy atom. The van der Waals surface area contributed by atoms with E-state index in [-0.39, 0.29) is 17.2 Å². The molecule has 0 amide bonds. The van der Waals surface area contributed by atoms with E-state index in [1.165, 1.54) is 17.7 Å². The molecule has 3 aromatic carbocycles. The number of pyridine rings is 1. The second-order valence-electron chi connectivity index (χ2n) is 7.09. The lowest BCUT2D eigenvalue weighted by molar-refractivity contribution is 0.101. The Bertz CT molecular complexity index is 1350. The second-order valence-corrected chi connectivity index (χ2v) is 7.09. The molecule has 0 bridgehead atoms. The largest absolute Gasteiger partial charge is 0.494 e. The van der Waals surface area contributed by atoms with Crippen LogP contribution in [0.15, 0.2) is 82.6 Å². The van der Waals surface area contributed by atoms with E-state index in [0.29, 0.717) is 33.3 Å². The van der Waals surface area contributed by atoms with Crippen LogP contribution in [0.3, 0.4) is 0 Å². The van der Waals surface area contributed by atoms with Crippen molar-refractivity contribution in [3.05, 3.63) is 99.8 Å². The topological polar surface area (TPSA) is 71.7 Å². The van der Waals surface area contributed by atoms with Crippen molar-refractivity contribution in [2.24, 2.45) is 4.99 Å². The van der Waals surface area contributed by atoms with Gasteiger partial charge in [-0.15, -0.1) is 0 Å². The average molecular weight is 396 g/mol. The lowest BCUT2D eigenvalue weighted by atomic mass is 10.1. The zero-order valence-electron chi connectivity index (χ0n) is 16.7. The number of aryl methyl sites for hydroxylation is 1. The van der Waals surface area contributed by atoms with Crippen molar-refractivity contribution >= 4 is 28.5 Å². The van der Waals surface area contributed by atoms with Crippen LogP contribution in [0.25, 0.3) is 16.5 Å². The Balaban J connectivity index is 1.97. The van der Waals surface area contributed by atoms with E-state index in [0.717, 1.165) is 5.56 Å². The number of fused-ring (bicyclic) bond motifs is 1. The number of ketones is 1. The second kappa shape index (κ2) is 7.79. The molecule has 0 unspecified atom stereocenters. The SMILES string of the molecule is CC(=O)c1ccccc1N=Cc1c(O)n(-c2ccc(C)cc2)c(=O)c2ccccc12. The van der Waals surface area contributed by atoms with Gasteiger partial charge < -0.3 is 5.11 Å². The van der Waals surface area contributed by atoms with Gasteiger partial charge in [0.15, 0.2) is 5.78 Å². The van der Waals surface area contributed by atoms with E-state index >= 15 is 0 Å². The average Bonchev–Trinajstić information content (AvgIpc) is 2.75. The minimum atomic E-state index is -0.312. The molecule has 0 aliphatic rings. The Kier molecular flexibility index (Phi) is 5.02. The number of nitrogens with zero attached hydrogens (tertiary/aromatic N) is 2. The molecule has 30 heavy (non-hydrogen) atoms. The van der Waals surface area contributed by atoms with Crippen LogP contribution in [0, 0.1) is 6.92 Å². The van der Waals surface area contributed by atoms with Gasteiger partial charge in [-0.25, -0.2) is 4.57 Å². The van der Waals surface area contributed by atoms with Crippen molar-refractivity contribution in [1.82, 2.24) is 4.57 Å². The van der Waals surface area contributed by atoms with E-state index in [1.54, 1.807) is 60.7 Å². The first kappa shape index (κ1) is 19.3. The van der Waals surface area contributed by atoms with E-state index in [4.69, 9.17) is 0 Å². The molecule has 1 aromatic heterocycles. The third-order valence-electron chi connectivity index (χ3n) is 5.01. The van der Waals surface area contributed by atoms with Crippen molar-refractivity contribution in [2.75, 3.05) is 0 Å². The third kappa shape index (κ3) is 3.42. The van der Waals surface area contributed by atoms with Crippen LogP contribution in [0.2, 0.25) is 0 Å². The molecule has 1 heterocycles. The van der Waals surface area contributed by atoms with Gasteiger partial charge in [0, 0.05) is 22.6 Å². The zero-order valence-corrected chi connectivity index (χ0v) is 16.7. The first-order chi connectivity index (χ1) is 14.5. The predicted molar refractivity (Wildman–Crippen MR) is 120 cm³/mol. The van der Waals surface area contributed by atoms with Gasteiger partial charge in [-0.05, 0) is 44.2 Å². The Hall–Kier alpha value is -3.99. The van der Waals surface area contributed by atoms with E-state index in [9.17, 15) is 14.7 Å².